The van der Waals surface area contributed by atoms with Gasteiger partial charge in [0.25, 0.3) is 5.56 Å². The smallest absolute Gasteiger partial charge is 0.255 e. The Morgan fingerprint density at radius 3 is 2.68 bits per heavy atom. The number of aryl methyl sites for hydroxylation is 1. The van der Waals surface area contributed by atoms with E-state index in [9.17, 15) is 4.79 Å². The number of benzene rings is 1. The molecule has 3 heterocycles. The second-order valence-electron chi connectivity index (χ2n) is 7.81. The van der Waals surface area contributed by atoms with Gasteiger partial charge in [-0.25, -0.2) is 4.98 Å². The van der Waals surface area contributed by atoms with E-state index in [0.717, 1.165) is 50.3 Å². The lowest BCUT2D eigenvalue weighted by Crippen LogP contribution is -2.26. The molecule has 1 N–H and O–H groups in total. The summed E-state index contributed by atoms with van der Waals surface area (Å²) in [6, 6.07) is 8.67. The van der Waals surface area contributed by atoms with Crippen LogP contribution in [0.25, 0.3) is 10.9 Å². The average molecular weight is 380 g/mol. The maximum Gasteiger partial charge on any atom is 0.255 e. The Balaban J connectivity index is 1.62. The van der Waals surface area contributed by atoms with Crippen LogP contribution in [-0.4, -0.2) is 46.6 Å². The normalized spacial score (nSPS) is 14.9. The van der Waals surface area contributed by atoms with E-state index in [2.05, 4.69) is 52.6 Å². The highest BCUT2D eigenvalue weighted by molar-refractivity contribution is 5.85. The summed E-state index contributed by atoms with van der Waals surface area (Å²) in [5, 5.41) is 1.34. The van der Waals surface area contributed by atoms with E-state index in [1.807, 2.05) is 19.0 Å². The first kappa shape index (κ1) is 18.7. The lowest BCUT2D eigenvalue weighted by Gasteiger charge is -2.20. The van der Waals surface area contributed by atoms with E-state index >= 15 is 0 Å². The number of H-pyrrole nitrogens is 1. The van der Waals surface area contributed by atoms with Gasteiger partial charge in [0.2, 0.25) is 5.95 Å². The molecule has 148 valence electrons. The zero-order valence-electron chi connectivity index (χ0n) is 17.2. The largest absolute Gasteiger partial charge is 0.348 e. The SMILES string of the molecule is CCn1c(C)c(CN2CCc3nc(N(C)C)[nH]c(=O)c3CC2)c2ccccc21. The molecule has 6 heteroatoms. The van der Waals surface area contributed by atoms with Crippen molar-refractivity contribution in [3.05, 3.63) is 57.1 Å². The van der Waals surface area contributed by atoms with Crippen molar-refractivity contribution in [2.75, 3.05) is 32.1 Å². The van der Waals surface area contributed by atoms with Crippen LogP contribution in [0, 0.1) is 6.92 Å². The van der Waals surface area contributed by atoms with Gasteiger partial charge in [-0.15, -0.1) is 0 Å². The first-order valence-corrected chi connectivity index (χ1v) is 10.1. The van der Waals surface area contributed by atoms with Gasteiger partial charge in [-0.05, 0) is 31.9 Å². The first-order valence-electron chi connectivity index (χ1n) is 10.1. The van der Waals surface area contributed by atoms with E-state index in [1.54, 1.807) is 0 Å². The van der Waals surface area contributed by atoms with E-state index in [4.69, 9.17) is 4.98 Å². The van der Waals surface area contributed by atoms with Crippen molar-refractivity contribution in [3.8, 4) is 0 Å². The number of anilines is 1. The summed E-state index contributed by atoms with van der Waals surface area (Å²) in [6.45, 7) is 8.11. The molecule has 0 aliphatic carbocycles. The van der Waals surface area contributed by atoms with Crippen LogP contribution in [0.4, 0.5) is 5.95 Å². The zero-order valence-corrected chi connectivity index (χ0v) is 17.2. The predicted molar refractivity (Wildman–Crippen MR) is 114 cm³/mol. The van der Waals surface area contributed by atoms with Gasteiger partial charge in [0, 0.05) is 68.9 Å². The van der Waals surface area contributed by atoms with Crippen molar-refractivity contribution in [2.45, 2.75) is 39.8 Å². The number of hydrogen-bond donors (Lipinski definition) is 1. The number of rotatable bonds is 4. The Morgan fingerprint density at radius 1 is 1.18 bits per heavy atom. The maximum absolute atomic E-state index is 12.5. The van der Waals surface area contributed by atoms with Crippen molar-refractivity contribution in [1.29, 1.82) is 0 Å². The zero-order chi connectivity index (χ0) is 19.8. The highest BCUT2D eigenvalue weighted by Crippen LogP contribution is 2.27. The van der Waals surface area contributed by atoms with Crippen LogP contribution < -0.4 is 10.5 Å². The van der Waals surface area contributed by atoms with Crippen molar-refractivity contribution >= 4 is 16.9 Å². The van der Waals surface area contributed by atoms with Gasteiger partial charge >= 0.3 is 0 Å². The number of fused-ring (bicyclic) bond motifs is 2. The monoisotopic (exact) mass is 379 g/mol. The van der Waals surface area contributed by atoms with Crippen molar-refractivity contribution in [3.63, 3.8) is 0 Å². The van der Waals surface area contributed by atoms with Gasteiger partial charge in [-0.3, -0.25) is 14.7 Å². The van der Waals surface area contributed by atoms with E-state index < -0.39 is 0 Å². The molecule has 2 aromatic heterocycles. The summed E-state index contributed by atoms with van der Waals surface area (Å²) in [4.78, 5) is 24.5. The number of aromatic amines is 1. The highest BCUT2D eigenvalue weighted by atomic mass is 16.1. The molecule has 3 aromatic rings. The van der Waals surface area contributed by atoms with Gasteiger partial charge in [0.05, 0.1) is 5.69 Å². The van der Waals surface area contributed by atoms with Crippen LogP contribution in [0.15, 0.2) is 29.1 Å². The molecule has 0 saturated carbocycles. The van der Waals surface area contributed by atoms with Crippen LogP contribution in [0.3, 0.4) is 0 Å². The molecule has 0 atom stereocenters. The quantitative estimate of drug-likeness (QED) is 0.757. The Labute approximate surface area is 165 Å². The number of nitrogens with one attached hydrogen (secondary N) is 1. The van der Waals surface area contributed by atoms with Crippen molar-refractivity contribution in [1.82, 2.24) is 19.4 Å². The number of aromatic nitrogens is 3. The van der Waals surface area contributed by atoms with Crippen molar-refractivity contribution in [2.24, 2.45) is 0 Å². The molecule has 0 bridgehead atoms. The molecule has 1 aromatic carbocycles. The van der Waals surface area contributed by atoms with E-state index in [0.29, 0.717) is 5.95 Å². The van der Waals surface area contributed by atoms with Gasteiger partial charge < -0.3 is 9.47 Å². The van der Waals surface area contributed by atoms with E-state index in [-0.39, 0.29) is 5.56 Å². The Hall–Kier alpha value is -2.60. The summed E-state index contributed by atoms with van der Waals surface area (Å²) in [5.74, 6) is 0.638. The molecule has 0 spiro atoms. The van der Waals surface area contributed by atoms with Gasteiger partial charge in [0.1, 0.15) is 0 Å². The number of nitrogens with zero attached hydrogens (tertiary/aromatic N) is 4. The lowest BCUT2D eigenvalue weighted by atomic mass is 10.1. The molecule has 1 aliphatic rings. The molecular weight excluding hydrogens is 350 g/mol. The summed E-state index contributed by atoms with van der Waals surface area (Å²) in [7, 11) is 3.81. The minimum atomic E-state index is 0.00863. The fourth-order valence-electron chi connectivity index (χ4n) is 4.34. The molecule has 4 rings (SSSR count). The molecule has 0 saturated heterocycles. The average Bonchev–Trinajstić information content (AvgIpc) is 2.81. The van der Waals surface area contributed by atoms with Crippen LogP contribution >= 0.6 is 0 Å². The summed E-state index contributed by atoms with van der Waals surface area (Å²) in [5.41, 5.74) is 5.86. The summed E-state index contributed by atoms with van der Waals surface area (Å²) >= 11 is 0. The lowest BCUT2D eigenvalue weighted by molar-refractivity contribution is 0.279. The first-order chi connectivity index (χ1) is 13.5. The van der Waals surface area contributed by atoms with Crippen LogP contribution in [0.5, 0.6) is 0 Å². The van der Waals surface area contributed by atoms with Crippen LogP contribution in [-0.2, 0) is 25.9 Å². The van der Waals surface area contributed by atoms with E-state index in [1.165, 1.54) is 22.2 Å². The molecular formula is C22H29N5O. The van der Waals surface area contributed by atoms with Crippen LogP contribution in [0.2, 0.25) is 0 Å². The number of hydrogen-bond acceptors (Lipinski definition) is 4. The molecule has 1 aliphatic heterocycles. The molecule has 0 radical (unpaired) electrons. The topological polar surface area (TPSA) is 57.2 Å². The molecule has 6 nitrogen and oxygen atoms in total. The molecule has 28 heavy (non-hydrogen) atoms. The fourth-order valence-corrected chi connectivity index (χ4v) is 4.34. The Kier molecular flexibility index (Phi) is 4.98. The Bertz CT molecular complexity index is 1060. The fraction of sp³-hybridized carbons (Fsp3) is 0.455. The molecule has 0 fully saturated rings. The maximum atomic E-state index is 12.5. The third kappa shape index (κ3) is 3.22. The van der Waals surface area contributed by atoms with Gasteiger partial charge in [0.15, 0.2) is 0 Å². The summed E-state index contributed by atoms with van der Waals surface area (Å²) < 4.78 is 2.40. The van der Waals surface area contributed by atoms with Crippen molar-refractivity contribution < 1.29 is 0 Å². The van der Waals surface area contributed by atoms with Crippen LogP contribution in [0.1, 0.15) is 29.4 Å². The second kappa shape index (κ2) is 7.43. The molecule has 0 amide bonds. The third-order valence-electron chi connectivity index (χ3n) is 5.91. The predicted octanol–water partition coefficient (Wildman–Crippen LogP) is 2.72. The van der Waals surface area contributed by atoms with Gasteiger partial charge in [-0.1, -0.05) is 18.2 Å². The standard InChI is InChI=1S/C22H29N5O/c1-5-27-15(2)18(16-8-6-7-9-20(16)27)14-26-12-10-17-19(11-13-26)23-22(25(3)4)24-21(17)28/h6-9H,5,10-14H2,1-4H3,(H,23,24,28). The molecule has 0 unspecified atom stereocenters. The highest BCUT2D eigenvalue weighted by Gasteiger charge is 2.21. The van der Waals surface area contributed by atoms with Gasteiger partial charge in [-0.2, -0.15) is 0 Å². The minimum absolute atomic E-state index is 0.00863. The second-order valence-corrected chi connectivity index (χ2v) is 7.81. The third-order valence-corrected chi connectivity index (χ3v) is 5.91. The minimum Gasteiger partial charge on any atom is -0.348 e. The number of para-hydroxylation sites is 1. The summed E-state index contributed by atoms with van der Waals surface area (Å²) in [6.07, 6.45) is 1.56. The Morgan fingerprint density at radius 2 is 1.93 bits per heavy atom.